The Morgan fingerprint density at radius 2 is 1.86 bits per heavy atom. The third-order valence-electron chi connectivity index (χ3n) is 9.03. The first kappa shape index (κ1) is 13.9. The molecule has 1 saturated heterocycles. The van der Waals surface area contributed by atoms with E-state index in [4.69, 9.17) is 0 Å². The SMILES string of the molecule is CCC1(C)CCN(C(=O)C23CC4CC5CC(C2)C5(C4)C3)CC1. The van der Waals surface area contributed by atoms with Crippen LogP contribution in [0.15, 0.2) is 0 Å². The first-order chi connectivity index (χ1) is 10.5. The van der Waals surface area contributed by atoms with Gasteiger partial charge in [-0.05, 0) is 80.0 Å². The van der Waals surface area contributed by atoms with Gasteiger partial charge in [-0.2, -0.15) is 0 Å². The van der Waals surface area contributed by atoms with Crippen LogP contribution >= 0.6 is 0 Å². The monoisotopic (exact) mass is 301 g/mol. The van der Waals surface area contributed by atoms with Crippen LogP contribution in [-0.4, -0.2) is 23.9 Å². The first-order valence-corrected chi connectivity index (χ1v) is 9.78. The normalized spacial score (nSPS) is 50.8. The molecule has 2 heteroatoms. The second-order valence-electron chi connectivity index (χ2n) is 9.99. The van der Waals surface area contributed by atoms with Crippen LogP contribution in [0.4, 0.5) is 0 Å². The zero-order valence-corrected chi connectivity index (χ0v) is 14.4. The summed E-state index contributed by atoms with van der Waals surface area (Å²) < 4.78 is 0. The molecule has 5 unspecified atom stereocenters. The minimum Gasteiger partial charge on any atom is -0.342 e. The lowest BCUT2D eigenvalue weighted by Crippen LogP contribution is -2.49. The fourth-order valence-corrected chi connectivity index (χ4v) is 7.55. The van der Waals surface area contributed by atoms with Gasteiger partial charge in [-0.3, -0.25) is 4.79 Å². The van der Waals surface area contributed by atoms with Crippen molar-refractivity contribution in [3.8, 4) is 0 Å². The van der Waals surface area contributed by atoms with Crippen LogP contribution in [0.25, 0.3) is 0 Å². The molecule has 1 aliphatic heterocycles. The van der Waals surface area contributed by atoms with Crippen LogP contribution < -0.4 is 0 Å². The number of hydrogen-bond donors (Lipinski definition) is 0. The Balaban J connectivity index is 1.36. The van der Waals surface area contributed by atoms with E-state index in [9.17, 15) is 4.79 Å². The summed E-state index contributed by atoms with van der Waals surface area (Å²) in [6.07, 6.45) is 11.8. The fourth-order valence-electron chi connectivity index (χ4n) is 7.55. The highest BCUT2D eigenvalue weighted by Crippen LogP contribution is 2.79. The van der Waals surface area contributed by atoms with Crippen molar-refractivity contribution in [2.24, 2.45) is 34.0 Å². The molecule has 3 bridgehead atoms. The highest BCUT2D eigenvalue weighted by molar-refractivity contribution is 5.84. The van der Waals surface area contributed by atoms with Crippen molar-refractivity contribution < 1.29 is 4.79 Å². The van der Waals surface area contributed by atoms with Crippen molar-refractivity contribution in [3.63, 3.8) is 0 Å². The van der Waals surface area contributed by atoms with Crippen LogP contribution in [0.3, 0.4) is 0 Å². The summed E-state index contributed by atoms with van der Waals surface area (Å²) >= 11 is 0. The maximum Gasteiger partial charge on any atom is 0.228 e. The lowest BCUT2D eigenvalue weighted by Gasteiger charge is -2.49. The van der Waals surface area contributed by atoms with Gasteiger partial charge in [0.05, 0.1) is 5.41 Å². The maximum atomic E-state index is 13.4. The average Bonchev–Trinajstić information content (AvgIpc) is 2.83. The predicted octanol–water partition coefficient (Wildman–Crippen LogP) is 4.24. The quantitative estimate of drug-likeness (QED) is 0.747. The highest BCUT2D eigenvalue weighted by Gasteiger charge is 2.72. The maximum absolute atomic E-state index is 13.4. The zero-order valence-electron chi connectivity index (χ0n) is 14.4. The summed E-state index contributed by atoms with van der Waals surface area (Å²) in [4.78, 5) is 15.7. The lowest BCUT2D eigenvalue weighted by atomic mass is 9.55. The van der Waals surface area contributed by atoms with E-state index < -0.39 is 0 Å². The van der Waals surface area contributed by atoms with E-state index in [1.54, 1.807) is 0 Å². The van der Waals surface area contributed by atoms with Crippen LogP contribution in [0, 0.1) is 34.0 Å². The van der Waals surface area contributed by atoms with E-state index in [-0.39, 0.29) is 5.41 Å². The molecule has 4 aliphatic carbocycles. The van der Waals surface area contributed by atoms with Gasteiger partial charge in [-0.25, -0.2) is 0 Å². The average molecular weight is 301 g/mol. The molecular formula is C20H31NO. The molecule has 5 aliphatic rings. The molecular weight excluding hydrogens is 270 g/mol. The Hall–Kier alpha value is -0.530. The summed E-state index contributed by atoms with van der Waals surface area (Å²) in [5.41, 5.74) is 1.21. The van der Waals surface area contributed by atoms with E-state index in [0.717, 1.165) is 30.8 Å². The molecule has 4 saturated carbocycles. The lowest BCUT2D eigenvalue weighted by molar-refractivity contribution is -0.146. The van der Waals surface area contributed by atoms with E-state index in [1.807, 2.05) is 0 Å². The number of carbonyl (C=O) groups is 1. The third kappa shape index (κ3) is 1.55. The Morgan fingerprint density at radius 3 is 2.59 bits per heavy atom. The van der Waals surface area contributed by atoms with E-state index >= 15 is 0 Å². The standard InChI is InChI=1S/C20H31NO/c1-3-18(2)4-6-21(7-5-18)17(22)19-10-14-8-15-9-16(12-19)20(15,11-14)13-19/h14-16H,3-13H2,1-2H3. The summed E-state index contributed by atoms with van der Waals surface area (Å²) in [6, 6.07) is 0. The molecule has 2 nitrogen and oxygen atoms in total. The largest absolute Gasteiger partial charge is 0.342 e. The first-order valence-electron chi connectivity index (χ1n) is 9.78. The van der Waals surface area contributed by atoms with Crippen LogP contribution in [0.1, 0.15) is 71.6 Å². The smallest absolute Gasteiger partial charge is 0.228 e. The van der Waals surface area contributed by atoms with Gasteiger partial charge >= 0.3 is 0 Å². The van der Waals surface area contributed by atoms with Gasteiger partial charge in [-0.15, -0.1) is 0 Å². The topological polar surface area (TPSA) is 20.3 Å². The summed E-state index contributed by atoms with van der Waals surface area (Å²) in [6.45, 7) is 6.77. The summed E-state index contributed by atoms with van der Waals surface area (Å²) in [7, 11) is 0. The van der Waals surface area contributed by atoms with Gasteiger partial charge in [0.1, 0.15) is 0 Å². The number of amides is 1. The molecule has 1 spiro atoms. The van der Waals surface area contributed by atoms with Crippen molar-refractivity contribution >= 4 is 5.91 Å². The van der Waals surface area contributed by atoms with Crippen molar-refractivity contribution in [2.75, 3.05) is 13.1 Å². The Morgan fingerprint density at radius 1 is 1.09 bits per heavy atom. The Kier molecular flexibility index (Phi) is 2.59. The molecule has 5 rings (SSSR count). The van der Waals surface area contributed by atoms with Gasteiger partial charge in [0.25, 0.3) is 0 Å². The zero-order chi connectivity index (χ0) is 15.2. The molecule has 1 amide bonds. The van der Waals surface area contributed by atoms with Crippen LogP contribution in [0.2, 0.25) is 0 Å². The van der Waals surface area contributed by atoms with E-state index in [2.05, 4.69) is 18.7 Å². The van der Waals surface area contributed by atoms with Crippen LogP contribution in [0.5, 0.6) is 0 Å². The van der Waals surface area contributed by atoms with Crippen LogP contribution in [-0.2, 0) is 4.79 Å². The molecule has 0 radical (unpaired) electrons. The molecule has 22 heavy (non-hydrogen) atoms. The number of fused-ring (bicyclic) bond motifs is 2. The Bertz CT molecular complexity index is 516. The second-order valence-corrected chi connectivity index (χ2v) is 9.99. The summed E-state index contributed by atoms with van der Waals surface area (Å²) in [5, 5.41) is 0. The molecule has 0 aromatic heterocycles. The molecule has 5 atom stereocenters. The molecule has 0 N–H and O–H groups in total. The molecule has 0 aromatic rings. The predicted molar refractivity (Wildman–Crippen MR) is 87.3 cm³/mol. The molecule has 5 fully saturated rings. The number of rotatable bonds is 2. The number of hydrogen-bond acceptors (Lipinski definition) is 1. The van der Waals surface area contributed by atoms with E-state index in [1.165, 1.54) is 57.8 Å². The highest BCUT2D eigenvalue weighted by atomic mass is 16.2. The second kappa shape index (κ2) is 4.11. The van der Waals surface area contributed by atoms with Crippen molar-refractivity contribution in [2.45, 2.75) is 71.6 Å². The number of nitrogens with zero attached hydrogens (tertiary/aromatic N) is 1. The van der Waals surface area contributed by atoms with E-state index in [0.29, 0.717) is 16.7 Å². The molecule has 0 aromatic carbocycles. The molecule has 1 heterocycles. The number of likely N-dealkylation sites (tertiary alicyclic amines) is 1. The number of carbonyl (C=O) groups excluding carboxylic acids is 1. The Labute approximate surface area is 135 Å². The van der Waals surface area contributed by atoms with Gasteiger partial charge in [0.15, 0.2) is 0 Å². The van der Waals surface area contributed by atoms with Crippen molar-refractivity contribution in [3.05, 3.63) is 0 Å². The molecule has 122 valence electrons. The van der Waals surface area contributed by atoms with Gasteiger partial charge in [0.2, 0.25) is 5.91 Å². The number of piperidine rings is 1. The van der Waals surface area contributed by atoms with Gasteiger partial charge in [0, 0.05) is 13.1 Å². The minimum atomic E-state index is 0.0821. The van der Waals surface area contributed by atoms with Gasteiger partial charge in [-0.1, -0.05) is 20.3 Å². The minimum absolute atomic E-state index is 0.0821. The van der Waals surface area contributed by atoms with Gasteiger partial charge < -0.3 is 4.90 Å². The summed E-state index contributed by atoms with van der Waals surface area (Å²) in [5.74, 6) is 3.38. The third-order valence-corrected chi connectivity index (χ3v) is 9.03. The fraction of sp³-hybridized carbons (Fsp3) is 0.950. The van der Waals surface area contributed by atoms with Crippen molar-refractivity contribution in [1.29, 1.82) is 0 Å². The van der Waals surface area contributed by atoms with Crippen molar-refractivity contribution in [1.82, 2.24) is 4.90 Å².